The van der Waals surface area contributed by atoms with Gasteiger partial charge in [-0.2, -0.15) is 0 Å². The van der Waals surface area contributed by atoms with Crippen LogP contribution in [0.1, 0.15) is 0 Å². The highest BCUT2D eigenvalue weighted by molar-refractivity contribution is 6.28. The third-order valence-electron chi connectivity index (χ3n) is 2.56. The van der Waals surface area contributed by atoms with Crippen molar-refractivity contribution in [2.45, 2.75) is 0 Å². The average molecular weight is 291 g/mol. The second-order valence-electron chi connectivity index (χ2n) is 3.96. The predicted octanol–water partition coefficient (Wildman–Crippen LogP) is 3.72. The Balaban J connectivity index is 2.34. The zero-order valence-electron chi connectivity index (χ0n) is 11.0. The van der Waals surface area contributed by atoms with E-state index >= 15 is 0 Å². The van der Waals surface area contributed by atoms with Crippen molar-refractivity contribution in [2.24, 2.45) is 10.7 Å². The van der Waals surface area contributed by atoms with Gasteiger partial charge in [0.1, 0.15) is 11.5 Å². The molecule has 2 N–H and O–H groups in total. The molecular weight excluding hydrogens is 276 g/mol. The summed E-state index contributed by atoms with van der Waals surface area (Å²) in [5, 5.41) is 0. The molecule has 2 aromatic rings. The molecular formula is C15H15ClN2O2. The van der Waals surface area contributed by atoms with Crippen LogP contribution >= 0.6 is 11.6 Å². The number of methoxy groups -OCH3 is 1. The number of alkyl halides is 1. The second kappa shape index (κ2) is 6.82. The molecule has 0 saturated heterocycles. The first kappa shape index (κ1) is 14.2. The number of hydrogen-bond donors (Lipinski definition) is 1. The molecule has 0 spiro atoms. The van der Waals surface area contributed by atoms with Gasteiger partial charge in [-0.3, -0.25) is 0 Å². The highest BCUT2D eigenvalue weighted by Gasteiger charge is 2.08. The van der Waals surface area contributed by atoms with E-state index in [1.165, 1.54) is 0 Å². The third kappa shape index (κ3) is 3.42. The summed E-state index contributed by atoms with van der Waals surface area (Å²) >= 11 is 5.65. The molecule has 0 radical (unpaired) electrons. The topological polar surface area (TPSA) is 56.8 Å². The standard InChI is InChI=1S/C15H15ClN2O2/c1-19-13-8-4-5-9-14(13)20-12-7-3-2-6-11(12)18-15(17)10-16/h2-9H,10H2,1H3,(H2,17,18). The minimum atomic E-state index is 0.170. The number of amidine groups is 1. The van der Waals surface area contributed by atoms with Gasteiger partial charge < -0.3 is 15.2 Å². The number of halogens is 1. The Morgan fingerprint density at radius 2 is 1.65 bits per heavy atom. The van der Waals surface area contributed by atoms with Gasteiger partial charge in [-0.25, -0.2) is 4.99 Å². The SMILES string of the molecule is COc1ccccc1Oc1ccccc1N=C(N)CCl. The van der Waals surface area contributed by atoms with Crippen LogP contribution in [0.2, 0.25) is 0 Å². The molecule has 0 fully saturated rings. The Kier molecular flexibility index (Phi) is 4.85. The van der Waals surface area contributed by atoms with Crippen LogP contribution in [0.5, 0.6) is 17.2 Å². The van der Waals surface area contributed by atoms with Crippen LogP contribution in [-0.2, 0) is 0 Å². The molecule has 4 nitrogen and oxygen atoms in total. The van der Waals surface area contributed by atoms with Gasteiger partial charge in [-0.15, -0.1) is 11.6 Å². The highest BCUT2D eigenvalue weighted by atomic mass is 35.5. The van der Waals surface area contributed by atoms with E-state index in [4.69, 9.17) is 26.8 Å². The number of nitrogens with two attached hydrogens (primary N) is 1. The lowest BCUT2D eigenvalue weighted by molar-refractivity contribution is 0.379. The molecule has 0 aliphatic heterocycles. The summed E-state index contributed by atoms with van der Waals surface area (Å²) in [4.78, 5) is 4.23. The number of rotatable bonds is 5. The first-order valence-electron chi connectivity index (χ1n) is 6.03. The van der Waals surface area contributed by atoms with Crippen LogP contribution in [0.25, 0.3) is 0 Å². The predicted molar refractivity (Wildman–Crippen MR) is 81.5 cm³/mol. The van der Waals surface area contributed by atoms with Crippen molar-refractivity contribution in [3.63, 3.8) is 0 Å². The van der Waals surface area contributed by atoms with Crippen LogP contribution in [0.15, 0.2) is 53.5 Å². The molecule has 5 heteroatoms. The van der Waals surface area contributed by atoms with Crippen molar-refractivity contribution in [2.75, 3.05) is 13.0 Å². The summed E-state index contributed by atoms with van der Waals surface area (Å²) in [6.45, 7) is 0. The largest absolute Gasteiger partial charge is 0.493 e. The Bertz CT molecular complexity index is 614. The molecule has 0 amide bonds. The Morgan fingerprint density at radius 1 is 1.05 bits per heavy atom. The maximum atomic E-state index is 5.85. The Hall–Kier alpha value is -2.20. The van der Waals surface area contributed by atoms with E-state index in [1.54, 1.807) is 7.11 Å². The summed E-state index contributed by atoms with van der Waals surface area (Å²) in [5.74, 6) is 2.36. The third-order valence-corrected chi connectivity index (χ3v) is 2.83. The molecule has 0 bridgehead atoms. The molecule has 0 unspecified atom stereocenters. The van der Waals surface area contributed by atoms with Gasteiger partial charge in [0.2, 0.25) is 0 Å². The van der Waals surface area contributed by atoms with Crippen LogP contribution in [-0.4, -0.2) is 18.8 Å². The van der Waals surface area contributed by atoms with Crippen LogP contribution < -0.4 is 15.2 Å². The van der Waals surface area contributed by atoms with Gasteiger partial charge in [0.05, 0.1) is 13.0 Å². The van der Waals surface area contributed by atoms with Crippen molar-refractivity contribution in [1.82, 2.24) is 0 Å². The quantitative estimate of drug-likeness (QED) is 0.519. The van der Waals surface area contributed by atoms with Gasteiger partial charge in [0.15, 0.2) is 17.2 Å². The fourth-order valence-electron chi connectivity index (χ4n) is 1.64. The van der Waals surface area contributed by atoms with E-state index in [9.17, 15) is 0 Å². The van der Waals surface area contributed by atoms with Crippen LogP contribution in [0.4, 0.5) is 5.69 Å². The van der Waals surface area contributed by atoms with Crippen LogP contribution in [0.3, 0.4) is 0 Å². The first-order valence-corrected chi connectivity index (χ1v) is 6.57. The highest BCUT2D eigenvalue weighted by Crippen LogP contribution is 2.35. The normalized spacial score (nSPS) is 11.2. The van der Waals surface area contributed by atoms with Crippen molar-refractivity contribution >= 4 is 23.1 Å². The van der Waals surface area contributed by atoms with Crippen molar-refractivity contribution in [3.8, 4) is 17.2 Å². The zero-order chi connectivity index (χ0) is 14.4. The van der Waals surface area contributed by atoms with Gasteiger partial charge >= 0.3 is 0 Å². The zero-order valence-corrected chi connectivity index (χ0v) is 11.8. The number of nitrogens with zero attached hydrogens (tertiary/aromatic N) is 1. The lowest BCUT2D eigenvalue weighted by Crippen LogP contribution is -2.12. The van der Waals surface area contributed by atoms with Crippen LogP contribution in [0, 0.1) is 0 Å². The number of hydrogen-bond acceptors (Lipinski definition) is 3. The summed E-state index contributed by atoms with van der Waals surface area (Å²) < 4.78 is 11.1. The fraction of sp³-hybridized carbons (Fsp3) is 0.133. The number of benzene rings is 2. The van der Waals surface area contributed by atoms with Crippen molar-refractivity contribution in [3.05, 3.63) is 48.5 Å². The molecule has 0 aromatic heterocycles. The monoisotopic (exact) mass is 290 g/mol. The minimum Gasteiger partial charge on any atom is -0.493 e. The van der Waals surface area contributed by atoms with Crippen molar-refractivity contribution in [1.29, 1.82) is 0 Å². The fourth-order valence-corrected chi connectivity index (χ4v) is 1.70. The number of para-hydroxylation sites is 4. The molecule has 0 saturated carbocycles. The summed E-state index contributed by atoms with van der Waals surface area (Å²) in [7, 11) is 1.59. The molecule has 2 aromatic carbocycles. The Morgan fingerprint density at radius 3 is 2.30 bits per heavy atom. The average Bonchev–Trinajstić information content (AvgIpc) is 2.49. The molecule has 0 atom stereocenters. The molecule has 20 heavy (non-hydrogen) atoms. The lowest BCUT2D eigenvalue weighted by atomic mass is 10.3. The molecule has 2 rings (SSSR count). The van der Waals surface area contributed by atoms with E-state index in [1.807, 2.05) is 48.5 Å². The molecule has 0 aliphatic carbocycles. The maximum absolute atomic E-state index is 5.85. The van der Waals surface area contributed by atoms with Gasteiger partial charge in [-0.05, 0) is 24.3 Å². The van der Waals surface area contributed by atoms with E-state index in [0.29, 0.717) is 28.8 Å². The maximum Gasteiger partial charge on any atom is 0.169 e. The summed E-state index contributed by atoms with van der Waals surface area (Å²) in [5.41, 5.74) is 6.28. The number of aliphatic imine (C=N–C) groups is 1. The van der Waals surface area contributed by atoms with Gasteiger partial charge in [-0.1, -0.05) is 24.3 Å². The van der Waals surface area contributed by atoms with E-state index in [-0.39, 0.29) is 5.88 Å². The Labute approximate surface area is 122 Å². The van der Waals surface area contributed by atoms with E-state index < -0.39 is 0 Å². The number of ether oxygens (including phenoxy) is 2. The smallest absolute Gasteiger partial charge is 0.169 e. The summed E-state index contributed by atoms with van der Waals surface area (Å²) in [6.07, 6.45) is 0. The van der Waals surface area contributed by atoms with Crippen molar-refractivity contribution < 1.29 is 9.47 Å². The van der Waals surface area contributed by atoms with Gasteiger partial charge in [0.25, 0.3) is 0 Å². The molecule has 104 valence electrons. The minimum absolute atomic E-state index is 0.170. The first-order chi connectivity index (χ1) is 9.74. The molecule has 0 aliphatic rings. The van der Waals surface area contributed by atoms with E-state index in [2.05, 4.69) is 4.99 Å². The second-order valence-corrected chi connectivity index (χ2v) is 4.22. The lowest BCUT2D eigenvalue weighted by Gasteiger charge is -2.11. The molecule has 0 heterocycles. The summed E-state index contributed by atoms with van der Waals surface area (Å²) in [6, 6.07) is 14.7. The van der Waals surface area contributed by atoms with E-state index in [0.717, 1.165) is 0 Å². The van der Waals surface area contributed by atoms with Gasteiger partial charge in [0, 0.05) is 0 Å².